The molecule has 0 unspecified atom stereocenters. The molecule has 0 spiro atoms. The summed E-state index contributed by atoms with van der Waals surface area (Å²) in [6, 6.07) is 22.8. The summed E-state index contributed by atoms with van der Waals surface area (Å²) in [5.41, 5.74) is 3.05. The van der Waals surface area contributed by atoms with Gasteiger partial charge in [-0.2, -0.15) is 13.2 Å². The van der Waals surface area contributed by atoms with Crippen molar-refractivity contribution in [3.63, 3.8) is 0 Å². The lowest BCUT2D eigenvalue weighted by atomic mass is 10.0. The molecule has 0 bridgehead atoms. The van der Waals surface area contributed by atoms with Gasteiger partial charge in [-0.1, -0.05) is 36.4 Å². The first kappa shape index (κ1) is 32.1. The molecule has 0 heterocycles. The number of ether oxygens (including phenoxy) is 1. The molecule has 0 aliphatic carbocycles. The van der Waals surface area contributed by atoms with Crippen LogP contribution in [0.2, 0.25) is 0 Å². The van der Waals surface area contributed by atoms with Crippen molar-refractivity contribution < 1.29 is 42.1 Å². The smallest absolute Gasteiger partial charge is 0.416 e. The minimum absolute atomic E-state index is 0.0407. The highest BCUT2D eigenvalue weighted by atomic mass is 19.4. The summed E-state index contributed by atoms with van der Waals surface area (Å²) in [6.45, 7) is 1.15. The number of hydrogen-bond donors (Lipinski definition) is 2. The number of unbranched alkanes of at least 4 members (excludes halogenated alkanes) is 1. The van der Waals surface area contributed by atoms with Crippen LogP contribution in [0.4, 0.5) is 23.2 Å². The molecule has 4 aromatic rings. The standard InChI is InChI=1S/C34H31F4NO5/c35-29-14-17-31(44-22-23-4-6-24(7-5-23)25-8-12-28(13-9-25)34(36,37)38)27(21-29)18-20-39(19-2-1-3-32(40)41)30-15-10-26(11-16-30)33(42)43/h4-17,21H,1-3,18-20,22H2,(H,40,41)(H,42,43). The van der Waals surface area contributed by atoms with E-state index in [9.17, 15) is 32.3 Å². The van der Waals surface area contributed by atoms with Gasteiger partial charge in [-0.05, 0) is 96.1 Å². The Morgan fingerprint density at radius 3 is 2.00 bits per heavy atom. The van der Waals surface area contributed by atoms with E-state index in [1.807, 2.05) is 17.0 Å². The van der Waals surface area contributed by atoms with E-state index < -0.39 is 29.5 Å². The molecule has 0 fully saturated rings. The van der Waals surface area contributed by atoms with E-state index in [1.54, 1.807) is 30.3 Å². The van der Waals surface area contributed by atoms with Crippen molar-refractivity contribution in [1.82, 2.24) is 0 Å². The van der Waals surface area contributed by atoms with Gasteiger partial charge in [0.1, 0.15) is 18.2 Å². The molecule has 0 aromatic heterocycles. The van der Waals surface area contributed by atoms with Crippen molar-refractivity contribution in [3.05, 3.63) is 119 Å². The third-order valence-electron chi connectivity index (χ3n) is 7.12. The van der Waals surface area contributed by atoms with Gasteiger partial charge in [0.25, 0.3) is 0 Å². The zero-order valence-electron chi connectivity index (χ0n) is 23.7. The Hall–Kier alpha value is -4.86. The Balaban J connectivity index is 1.42. The monoisotopic (exact) mass is 609 g/mol. The second kappa shape index (κ2) is 14.5. The SMILES string of the molecule is O=C(O)CCCCN(CCc1cc(F)ccc1OCc1ccc(-c2ccc(C(F)(F)F)cc2)cc1)c1ccc(C(=O)O)cc1. The summed E-state index contributed by atoms with van der Waals surface area (Å²) in [5.74, 6) is -1.85. The molecular weight excluding hydrogens is 578 g/mol. The van der Waals surface area contributed by atoms with Crippen LogP contribution >= 0.6 is 0 Å². The summed E-state index contributed by atoms with van der Waals surface area (Å²) in [7, 11) is 0. The molecule has 0 radical (unpaired) electrons. The topological polar surface area (TPSA) is 87.1 Å². The highest BCUT2D eigenvalue weighted by Crippen LogP contribution is 2.31. The van der Waals surface area contributed by atoms with Crippen LogP contribution in [0.25, 0.3) is 11.1 Å². The zero-order valence-corrected chi connectivity index (χ0v) is 23.7. The van der Waals surface area contributed by atoms with Crippen molar-refractivity contribution in [2.45, 2.75) is 38.5 Å². The van der Waals surface area contributed by atoms with Crippen molar-refractivity contribution >= 4 is 17.6 Å². The molecule has 0 aliphatic heterocycles. The molecule has 44 heavy (non-hydrogen) atoms. The zero-order chi connectivity index (χ0) is 31.7. The van der Waals surface area contributed by atoms with Gasteiger partial charge < -0.3 is 19.8 Å². The molecule has 6 nitrogen and oxygen atoms in total. The first-order chi connectivity index (χ1) is 21.0. The summed E-state index contributed by atoms with van der Waals surface area (Å²) in [5, 5.41) is 18.2. The van der Waals surface area contributed by atoms with Crippen molar-refractivity contribution in [2.75, 3.05) is 18.0 Å². The first-order valence-corrected chi connectivity index (χ1v) is 14.0. The van der Waals surface area contributed by atoms with Gasteiger partial charge in [0.2, 0.25) is 0 Å². The Labute approximate surface area is 252 Å². The Bertz CT molecular complexity index is 1550. The summed E-state index contributed by atoms with van der Waals surface area (Å²) >= 11 is 0. The molecule has 0 saturated heterocycles. The largest absolute Gasteiger partial charge is 0.489 e. The molecule has 0 aliphatic rings. The molecule has 0 saturated carbocycles. The highest BCUT2D eigenvalue weighted by molar-refractivity contribution is 5.88. The first-order valence-electron chi connectivity index (χ1n) is 14.0. The van der Waals surface area contributed by atoms with Crippen LogP contribution in [0, 0.1) is 5.82 Å². The number of carboxylic acids is 2. The van der Waals surface area contributed by atoms with Gasteiger partial charge in [0.05, 0.1) is 11.1 Å². The molecule has 2 N–H and O–H groups in total. The van der Waals surface area contributed by atoms with Crippen LogP contribution in [0.1, 0.15) is 46.3 Å². The number of nitrogens with zero attached hydrogens (tertiary/aromatic N) is 1. The molecular formula is C34H31F4NO5. The number of alkyl halides is 3. The molecule has 10 heteroatoms. The van der Waals surface area contributed by atoms with E-state index in [4.69, 9.17) is 9.84 Å². The molecule has 0 amide bonds. The van der Waals surface area contributed by atoms with E-state index in [-0.39, 0.29) is 18.6 Å². The number of halogens is 4. The van der Waals surface area contributed by atoms with Gasteiger partial charge in [0, 0.05) is 25.2 Å². The molecule has 0 atom stereocenters. The average molecular weight is 610 g/mol. The number of carbonyl (C=O) groups is 2. The van der Waals surface area contributed by atoms with E-state index in [2.05, 4.69) is 0 Å². The molecule has 4 rings (SSSR count). The highest BCUT2D eigenvalue weighted by Gasteiger charge is 2.30. The predicted molar refractivity (Wildman–Crippen MR) is 158 cm³/mol. The normalized spacial score (nSPS) is 11.3. The lowest BCUT2D eigenvalue weighted by Crippen LogP contribution is -2.27. The van der Waals surface area contributed by atoms with E-state index in [1.165, 1.54) is 36.4 Å². The Kier molecular flexibility index (Phi) is 10.6. The number of aromatic carboxylic acids is 1. The van der Waals surface area contributed by atoms with Crippen LogP contribution in [0.3, 0.4) is 0 Å². The fourth-order valence-electron chi connectivity index (χ4n) is 4.71. The van der Waals surface area contributed by atoms with Crippen LogP contribution in [-0.2, 0) is 24.0 Å². The minimum Gasteiger partial charge on any atom is -0.489 e. The number of benzene rings is 4. The summed E-state index contributed by atoms with van der Waals surface area (Å²) in [6.07, 6.45) is -2.88. The van der Waals surface area contributed by atoms with Crippen LogP contribution in [0.5, 0.6) is 5.75 Å². The molecule has 230 valence electrons. The van der Waals surface area contributed by atoms with E-state index >= 15 is 0 Å². The lowest BCUT2D eigenvalue weighted by molar-refractivity contribution is -0.138. The number of hydrogen-bond acceptors (Lipinski definition) is 4. The van der Waals surface area contributed by atoms with Gasteiger partial charge in [0.15, 0.2) is 0 Å². The Morgan fingerprint density at radius 2 is 1.41 bits per heavy atom. The van der Waals surface area contributed by atoms with Crippen molar-refractivity contribution in [3.8, 4) is 16.9 Å². The van der Waals surface area contributed by atoms with Crippen LogP contribution in [-0.4, -0.2) is 35.2 Å². The maximum atomic E-state index is 14.3. The second-order valence-electron chi connectivity index (χ2n) is 10.3. The van der Waals surface area contributed by atoms with Crippen molar-refractivity contribution in [1.29, 1.82) is 0 Å². The fraction of sp³-hybridized carbons (Fsp3) is 0.235. The van der Waals surface area contributed by atoms with E-state index in [0.29, 0.717) is 49.2 Å². The Morgan fingerprint density at radius 1 is 0.773 bits per heavy atom. The third kappa shape index (κ3) is 9.07. The van der Waals surface area contributed by atoms with Crippen molar-refractivity contribution in [2.24, 2.45) is 0 Å². The maximum absolute atomic E-state index is 14.3. The van der Waals surface area contributed by atoms with Crippen LogP contribution < -0.4 is 9.64 Å². The quantitative estimate of drug-likeness (QED) is 0.111. The minimum atomic E-state index is -4.40. The summed E-state index contributed by atoms with van der Waals surface area (Å²) < 4.78 is 58.9. The second-order valence-corrected chi connectivity index (χ2v) is 10.3. The fourth-order valence-corrected chi connectivity index (χ4v) is 4.71. The lowest BCUT2D eigenvalue weighted by Gasteiger charge is -2.25. The predicted octanol–water partition coefficient (Wildman–Crippen LogP) is 8.09. The molecule has 4 aromatic carbocycles. The number of anilines is 1. The van der Waals surface area contributed by atoms with Gasteiger partial charge >= 0.3 is 18.1 Å². The maximum Gasteiger partial charge on any atom is 0.416 e. The summed E-state index contributed by atoms with van der Waals surface area (Å²) in [4.78, 5) is 24.2. The van der Waals surface area contributed by atoms with Gasteiger partial charge in [-0.25, -0.2) is 9.18 Å². The number of rotatable bonds is 14. The third-order valence-corrected chi connectivity index (χ3v) is 7.12. The van der Waals surface area contributed by atoms with Crippen LogP contribution in [0.15, 0.2) is 91.0 Å². The van der Waals surface area contributed by atoms with Gasteiger partial charge in [-0.15, -0.1) is 0 Å². The number of carboxylic acid groups (broad SMARTS) is 2. The van der Waals surface area contributed by atoms with Gasteiger partial charge in [-0.3, -0.25) is 4.79 Å². The average Bonchev–Trinajstić information content (AvgIpc) is 3.00. The van der Waals surface area contributed by atoms with E-state index in [0.717, 1.165) is 28.9 Å². The number of aliphatic carboxylic acids is 1.